The summed E-state index contributed by atoms with van der Waals surface area (Å²) in [6, 6.07) is 0. The molecule has 0 aliphatic rings. The van der Waals surface area contributed by atoms with E-state index in [1.807, 2.05) is 23.0 Å². The van der Waals surface area contributed by atoms with Gasteiger partial charge in [-0.3, -0.25) is 9.13 Å². The number of rotatable bonds is 16. The summed E-state index contributed by atoms with van der Waals surface area (Å²) >= 11 is 21.8. The first-order valence-electron chi connectivity index (χ1n) is 14.2. The molecule has 6 N–H and O–H groups in total. The van der Waals surface area contributed by atoms with Gasteiger partial charge in [0.25, 0.3) is 0 Å². The predicted octanol–water partition coefficient (Wildman–Crippen LogP) is 4.65. The van der Waals surface area contributed by atoms with E-state index in [1.54, 1.807) is 21.5 Å². The number of hydrogen-bond acceptors (Lipinski definition) is 6. The van der Waals surface area contributed by atoms with Crippen LogP contribution in [0.15, 0.2) is 12.4 Å². The third-order valence-corrected chi connectivity index (χ3v) is 8.49. The van der Waals surface area contributed by atoms with Crippen LogP contribution in [0.5, 0.6) is 11.8 Å². The van der Waals surface area contributed by atoms with Gasteiger partial charge in [-0.1, -0.05) is 27.7 Å². The largest absolute Gasteiger partial charge is 0.493 e. The molecule has 0 saturated carbocycles. The number of hydrogen-bond donors (Lipinski definition) is 6. The molecule has 2 rings (SSSR count). The van der Waals surface area contributed by atoms with Crippen molar-refractivity contribution in [2.75, 3.05) is 26.2 Å². The normalized spacial score (nSPS) is 11.9. The van der Waals surface area contributed by atoms with Crippen LogP contribution in [0.4, 0.5) is 0 Å². The van der Waals surface area contributed by atoms with E-state index < -0.39 is 0 Å². The summed E-state index contributed by atoms with van der Waals surface area (Å²) in [4.78, 5) is 0. The maximum atomic E-state index is 10.2. The number of aromatic nitrogens is 4. The molecule has 0 aliphatic carbocycles. The van der Waals surface area contributed by atoms with Crippen LogP contribution in [0, 0.1) is 20.4 Å². The number of aryl methyl sites for hydroxylation is 2. The van der Waals surface area contributed by atoms with Crippen molar-refractivity contribution in [1.29, 1.82) is 0 Å². The quantitative estimate of drug-likeness (QED) is 0.114. The van der Waals surface area contributed by atoms with Gasteiger partial charge in [-0.15, -0.1) is 0 Å². The molecule has 0 saturated heterocycles. The molecule has 10 nitrogen and oxygen atoms in total. The SMILES string of the molecule is CCn1cc(O)n(CC(C)(C)CCNC(=S)NCCCNC(=S)NCCC(C)(C)Cn2c(O)cn(CC)c2=S)c1=S. The fraction of sp³-hybridized carbons (Fsp3) is 0.704. The number of thiocarbonyl (C=S) groups is 2. The highest BCUT2D eigenvalue weighted by Crippen LogP contribution is 2.27. The van der Waals surface area contributed by atoms with Gasteiger partial charge in [-0.2, -0.15) is 0 Å². The zero-order chi connectivity index (χ0) is 30.8. The Labute approximate surface area is 265 Å². The van der Waals surface area contributed by atoms with Crippen molar-refractivity contribution in [1.82, 2.24) is 39.5 Å². The van der Waals surface area contributed by atoms with Gasteiger partial charge in [0.2, 0.25) is 11.8 Å². The van der Waals surface area contributed by atoms with Crippen LogP contribution >= 0.6 is 48.9 Å². The van der Waals surface area contributed by atoms with E-state index in [0.29, 0.717) is 32.9 Å². The summed E-state index contributed by atoms with van der Waals surface area (Å²) < 4.78 is 8.59. The number of aromatic hydroxyl groups is 2. The van der Waals surface area contributed by atoms with Gasteiger partial charge in [0.05, 0.1) is 12.4 Å². The van der Waals surface area contributed by atoms with Crippen molar-refractivity contribution in [3.8, 4) is 11.8 Å². The molecule has 0 fully saturated rings. The molecule has 2 aromatic rings. The number of imidazole rings is 2. The molecular formula is C27H48N8O2S4. The average molecular weight is 645 g/mol. The maximum absolute atomic E-state index is 10.2. The van der Waals surface area contributed by atoms with Crippen molar-refractivity contribution in [2.45, 2.75) is 87.0 Å². The van der Waals surface area contributed by atoms with Crippen LogP contribution in [0.1, 0.15) is 60.8 Å². The summed E-state index contributed by atoms with van der Waals surface area (Å²) in [5.41, 5.74) is -0.147. The first kappa shape index (κ1) is 35.0. The van der Waals surface area contributed by atoms with Gasteiger partial charge >= 0.3 is 0 Å². The second-order valence-electron chi connectivity index (χ2n) is 11.8. The lowest BCUT2D eigenvalue weighted by Crippen LogP contribution is -2.40. The lowest BCUT2D eigenvalue weighted by Gasteiger charge is -2.26. The van der Waals surface area contributed by atoms with Crippen molar-refractivity contribution >= 4 is 59.1 Å². The minimum atomic E-state index is -0.0733. The Morgan fingerprint density at radius 3 is 1.34 bits per heavy atom. The molecular weight excluding hydrogens is 597 g/mol. The van der Waals surface area contributed by atoms with Crippen LogP contribution in [0.25, 0.3) is 0 Å². The van der Waals surface area contributed by atoms with Crippen LogP contribution in [-0.2, 0) is 26.2 Å². The second kappa shape index (κ2) is 15.9. The lowest BCUT2D eigenvalue weighted by atomic mass is 9.89. The van der Waals surface area contributed by atoms with E-state index in [-0.39, 0.29) is 22.6 Å². The van der Waals surface area contributed by atoms with E-state index >= 15 is 0 Å². The zero-order valence-electron chi connectivity index (χ0n) is 25.2. The van der Waals surface area contributed by atoms with E-state index in [0.717, 1.165) is 58.5 Å². The first-order valence-corrected chi connectivity index (χ1v) is 15.8. The van der Waals surface area contributed by atoms with Crippen molar-refractivity contribution in [3.05, 3.63) is 21.9 Å². The highest BCUT2D eigenvalue weighted by molar-refractivity contribution is 7.80. The van der Waals surface area contributed by atoms with Gasteiger partial charge in [-0.05, 0) is 92.8 Å². The summed E-state index contributed by atoms with van der Waals surface area (Å²) in [6.45, 7) is 18.3. The van der Waals surface area contributed by atoms with Crippen LogP contribution < -0.4 is 21.3 Å². The standard InChI is InChI=1S/C27H48N8O2S4/c1-7-32-16-20(36)34(24(32)40)18-26(3,4)10-14-30-22(38)28-12-9-13-29-23(39)31-15-11-27(5,6)19-35-21(37)17-33(8-2)25(35)41/h16-17,36-37H,7-15,18-19H2,1-6H3,(H2,28,30,38)(H2,29,31,39). The maximum Gasteiger partial charge on any atom is 0.210 e. The zero-order valence-corrected chi connectivity index (χ0v) is 28.5. The molecule has 0 unspecified atom stereocenters. The molecule has 0 spiro atoms. The molecule has 0 atom stereocenters. The summed E-state index contributed by atoms with van der Waals surface area (Å²) in [5, 5.41) is 34.8. The highest BCUT2D eigenvalue weighted by Gasteiger charge is 2.22. The van der Waals surface area contributed by atoms with Gasteiger partial charge in [0.15, 0.2) is 19.8 Å². The van der Waals surface area contributed by atoms with E-state index in [4.69, 9.17) is 48.9 Å². The Balaban J connectivity index is 1.59. The van der Waals surface area contributed by atoms with Crippen molar-refractivity contribution in [2.24, 2.45) is 10.8 Å². The molecule has 2 aromatic heterocycles. The molecule has 14 heteroatoms. The van der Waals surface area contributed by atoms with Crippen molar-refractivity contribution < 1.29 is 10.2 Å². The molecule has 0 bridgehead atoms. The van der Waals surface area contributed by atoms with Gasteiger partial charge in [0.1, 0.15) is 0 Å². The minimum Gasteiger partial charge on any atom is -0.493 e. The Bertz CT molecular complexity index is 1180. The van der Waals surface area contributed by atoms with Crippen molar-refractivity contribution in [3.63, 3.8) is 0 Å². The fourth-order valence-electron chi connectivity index (χ4n) is 4.45. The van der Waals surface area contributed by atoms with Gasteiger partial charge < -0.3 is 40.6 Å². The Kier molecular flexibility index (Phi) is 13.6. The molecule has 0 radical (unpaired) electrons. The third-order valence-electron chi connectivity index (χ3n) is 7.00. The van der Waals surface area contributed by atoms with Crippen LogP contribution in [0.2, 0.25) is 0 Å². The molecule has 0 aromatic carbocycles. The molecule has 232 valence electrons. The van der Waals surface area contributed by atoms with Crippen LogP contribution in [0.3, 0.4) is 0 Å². The number of nitrogens with zero attached hydrogens (tertiary/aromatic N) is 4. The Morgan fingerprint density at radius 1 is 0.683 bits per heavy atom. The second-order valence-corrected chi connectivity index (χ2v) is 13.4. The average Bonchev–Trinajstić information content (AvgIpc) is 3.31. The molecule has 2 heterocycles. The molecule has 0 aliphatic heterocycles. The lowest BCUT2D eigenvalue weighted by molar-refractivity contribution is 0.264. The fourth-order valence-corrected chi connectivity index (χ4v) is 5.53. The van der Waals surface area contributed by atoms with Crippen LogP contribution in [-0.4, -0.2) is 64.9 Å². The Morgan fingerprint density at radius 2 is 1.02 bits per heavy atom. The highest BCUT2D eigenvalue weighted by atomic mass is 32.1. The third kappa shape index (κ3) is 11.2. The smallest absolute Gasteiger partial charge is 0.210 e. The van der Waals surface area contributed by atoms with E-state index in [2.05, 4.69) is 49.0 Å². The summed E-state index contributed by atoms with van der Waals surface area (Å²) in [5.74, 6) is 0.402. The molecule has 0 amide bonds. The Hall–Kier alpha value is -2.16. The first-order chi connectivity index (χ1) is 19.2. The summed E-state index contributed by atoms with van der Waals surface area (Å²) in [7, 11) is 0. The van der Waals surface area contributed by atoms with Gasteiger partial charge in [-0.25, -0.2) is 0 Å². The summed E-state index contributed by atoms with van der Waals surface area (Å²) in [6.07, 6.45) is 5.97. The molecule has 41 heavy (non-hydrogen) atoms. The van der Waals surface area contributed by atoms with E-state index in [9.17, 15) is 10.2 Å². The topological polar surface area (TPSA) is 108 Å². The predicted molar refractivity (Wildman–Crippen MR) is 180 cm³/mol. The van der Waals surface area contributed by atoms with E-state index in [1.165, 1.54) is 0 Å². The monoisotopic (exact) mass is 644 g/mol. The minimum absolute atomic E-state index is 0.0733. The van der Waals surface area contributed by atoms with Gasteiger partial charge in [0, 0.05) is 52.4 Å². The number of nitrogens with one attached hydrogen (secondary N) is 4.